The van der Waals surface area contributed by atoms with Crippen molar-refractivity contribution in [2.24, 2.45) is 29.6 Å². The Labute approximate surface area is 671 Å². The Morgan fingerprint density at radius 1 is 0.227 bits per heavy atom. The van der Waals surface area contributed by atoms with Crippen molar-refractivity contribution in [1.29, 1.82) is 0 Å². The summed E-state index contributed by atoms with van der Waals surface area (Å²) in [6.07, 6.45) is 55.7. The molecule has 0 bridgehead atoms. The van der Waals surface area contributed by atoms with Crippen LogP contribution in [0.25, 0.3) is 0 Å². The molecule has 0 radical (unpaired) electrons. The fraction of sp³-hybridized carbons (Fsp3) is 0.524. The van der Waals surface area contributed by atoms with Crippen LogP contribution in [0.1, 0.15) is 322 Å². The third-order valence-electron chi connectivity index (χ3n) is 21.0. The number of hydrogen-bond donors (Lipinski definition) is 0. The zero-order valence-corrected chi connectivity index (χ0v) is 70.1. The van der Waals surface area contributed by atoms with Gasteiger partial charge in [-0.1, -0.05) is 255 Å². The maximum Gasteiger partial charge on any atom is 0.119 e. The average molecular weight is 1480 g/mol. The largest absolute Gasteiger partial charge is 0.494 e. The Bertz CT molecular complexity index is 3810. The minimum absolute atomic E-state index is 0.774. The molecule has 0 amide bonds. The molecule has 5 aliphatic rings. The van der Waals surface area contributed by atoms with E-state index in [-0.39, 0.29) is 0 Å². The first kappa shape index (κ1) is 90.5. The molecule has 0 spiro atoms. The summed E-state index contributed by atoms with van der Waals surface area (Å²) in [5.41, 5.74) is 11.9. The minimum Gasteiger partial charge on any atom is -0.494 e. The van der Waals surface area contributed by atoms with Gasteiger partial charge in [0.25, 0.3) is 0 Å². The Morgan fingerprint density at radius 2 is 0.455 bits per heavy atom. The highest BCUT2D eigenvalue weighted by atomic mass is 16.5. The monoisotopic (exact) mass is 1480 g/mol. The lowest BCUT2D eigenvalue weighted by atomic mass is 9.86. The van der Waals surface area contributed by atoms with E-state index in [2.05, 4.69) is 183 Å². The fourth-order valence-corrected chi connectivity index (χ4v) is 13.9. The molecule has 5 aromatic carbocycles. The molecule has 5 aromatic rings. The van der Waals surface area contributed by atoms with Crippen LogP contribution in [0, 0.1) is 88.8 Å². The van der Waals surface area contributed by atoms with Crippen LogP contribution in [0.15, 0.2) is 180 Å². The molecule has 5 aliphatic carbocycles. The molecule has 0 aliphatic heterocycles. The van der Waals surface area contributed by atoms with E-state index in [9.17, 15) is 0 Å². The summed E-state index contributed by atoms with van der Waals surface area (Å²) >= 11 is 0. The lowest BCUT2D eigenvalue weighted by Crippen LogP contribution is -2.05. The molecule has 10 rings (SSSR count). The molecule has 0 fully saturated rings. The smallest absolute Gasteiger partial charge is 0.119 e. The minimum atomic E-state index is 0.774. The molecule has 590 valence electrons. The average Bonchev–Trinajstić information content (AvgIpc) is 0.905. The van der Waals surface area contributed by atoms with Gasteiger partial charge in [0.15, 0.2) is 0 Å². The van der Waals surface area contributed by atoms with Crippen molar-refractivity contribution in [3.8, 4) is 88.0 Å². The fourth-order valence-electron chi connectivity index (χ4n) is 13.9. The number of allylic oxidation sites excluding steroid dienone is 10. The number of unbranched alkanes of at least 4 members (excludes halogenated alkanes) is 6. The van der Waals surface area contributed by atoms with Gasteiger partial charge in [0.05, 0.1) is 33.0 Å². The molecule has 0 heterocycles. The van der Waals surface area contributed by atoms with Crippen LogP contribution >= 0.6 is 0 Å². The van der Waals surface area contributed by atoms with Crippen molar-refractivity contribution < 1.29 is 23.7 Å². The Balaban J connectivity index is 0.000000215. The number of ether oxygens (including phenoxy) is 5. The van der Waals surface area contributed by atoms with Gasteiger partial charge < -0.3 is 23.7 Å². The van der Waals surface area contributed by atoms with Gasteiger partial charge in [-0.05, 0) is 307 Å². The van der Waals surface area contributed by atoms with E-state index in [1.165, 1.54) is 188 Å². The molecule has 5 heteroatoms. The zero-order valence-electron chi connectivity index (χ0n) is 70.1. The van der Waals surface area contributed by atoms with Crippen LogP contribution in [0.2, 0.25) is 0 Å². The van der Waals surface area contributed by atoms with E-state index in [1.54, 1.807) is 0 Å². The topological polar surface area (TPSA) is 46.2 Å². The Morgan fingerprint density at radius 3 is 0.673 bits per heavy atom. The summed E-state index contributed by atoms with van der Waals surface area (Å²) in [4.78, 5) is 0. The summed E-state index contributed by atoms with van der Waals surface area (Å²) in [6, 6.07) is 40.6. The quantitative estimate of drug-likeness (QED) is 0.0339. The Hall–Kier alpha value is -8.40. The van der Waals surface area contributed by atoms with Gasteiger partial charge in [-0.2, -0.15) is 0 Å². The SMILES string of the molecule is CCCCC1CC=C(C#Cc2ccc(OCCC)cc2)CC1.CCCCCC1CC=C(C#Cc2ccc(OCCC)cc2)CC1.CCCCCCC1CC=C(C#Cc2ccc(OCCC)cc2)CC1.CCCOc1ccc(C#CC2=CCC(CC)CC2)cc1.CCCOc1ccc(C#CC2=CCC(CCC)CC2)cc1. The lowest BCUT2D eigenvalue weighted by molar-refractivity contribution is 0.317. The predicted octanol–water partition coefficient (Wildman–Crippen LogP) is 28.7. The van der Waals surface area contributed by atoms with Crippen LogP contribution in [-0.2, 0) is 0 Å². The normalized spacial score (nSPS) is 17.4. The number of hydrogen-bond acceptors (Lipinski definition) is 5. The number of rotatable bonds is 30. The summed E-state index contributed by atoms with van der Waals surface area (Å²) in [5, 5.41) is 0. The van der Waals surface area contributed by atoms with Crippen molar-refractivity contribution in [3.05, 3.63) is 207 Å². The van der Waals surface area contributed by atoms with E-state index in [0.717, 1.165) is 183 Å². The molecule has 0 N–H and O–H groups in total. The van der Waals surface area contributed by atoms with Crippen molar-refractivity contribution >= 4 is 0 Å². The van der Waals surface area contributed by atoms with E-state index in [0.29, 0.717) is 0 Å². The van der Waals surface area contributed by atoms with Crippen molar-refractivity contribution in [3.63, 3.8) is 0 Å². The first-order chi connectivity index (χ1) is 54.1. The third-order valence-corrected chi connectivity index (χ3v) is 21.0. The summed E-state index contributed by atoms with van der Waals surface area (Å²) in [6.45, 7) is 25.8. The molecule has 5 unspecified atom stereocenters. The molecule has 5 atom stereocenters. The molecule has 0 aromatic heterocycles. The number of benzene rings is 5. The van der Waals surface area contributed by atoms with Crippen LogP contribution in [-0.4, -0.2) is 33.0 Å². The van der Waals surface area contributed by atoms with Gasteiger partial charge in [-0.3, -0.25) is 0 Å². The van der Waals surface area contributed by atoms with E-state index in [4.69, 9.17) is 23.7 Å². The summed E-state index contributed by atoms with van der Waals surface area (Å²) in [7, 11) is 0. The molecular formula is C105H140O5. The molecule has 0 saturated heterocycles. The third kappa shape index (κ3) is 39.5. The maximum absolute atomic E-state index is 5.60. The second-order valence-electron chi connectivity index (χ2n) is 30.6. The highest BCUT2D eigenvalue weighted by molar-refractivity contribution is 5.48. The predicted molar refractivity (Wildman–Crippen MR) is 470 cm³/mol. The molecule has 0 saturated carbocycles. The standard InChI is InChI=1S/C23H32O.C22H30O.C21H28O.C20H26O.C19H24O/c1-3-5-6-7-8-20-9-11-21(12-10-20)13-14-22-15-17-23(18-16-22)24-19-4-2;1-3-5-6-7-19-8-10-20(11-9-19)12-13-21-14-16-22(17-15-21)23-18-4-2;1-3-5-6-18-7-9-19(10-8-18)11-12-20-13-15-21(16-14-20)22-17-4-2;1-3-5-17-6-8-18(9-7-17)10-11-19-12-14-20(15-13-19)21-16-4-2;1-3-15-20-19-13-11-18(12-14-19)10-9-17-7-5-16(4-2)6-8-17/h11,15-18,20H,3-10,12,19H2,1-2H3;10,14-17,19H,3-9,11,18H2,1-2H3;9,13-16,18H,3-8,10,17H2,1-2H3;8,12-15,17H,3-7,9,16H2,1-2H3;7,11-14,16H,3-6,8,15H2,1-2H3. The van der Waals surface area contributed by atoms with Gasteiger partial charge in [0, 0.05) is 27.8 Å². The Kier molecular flexibility index (Phi) is 47.4. The van der Waals surface area contributed by atoms with Crippen LogP contribution < -0.4 is 23.7 Å². The summed E-state index contributed by atoms with van der Waals surface area (Å²) < 4.78 is 27.9. The van der Waals surface area contributed by atoms with Crippen molar-refractivity contribution in [2.75, 3.05) is 33.0 Å². The highest BCUT2D eigenvalue weighted by Crippen LogP contribution is 2.32. The van der Waals surface area contributed by atoms with Gasteiger partial charge in [0.1, 0.15) is 28.7 Å². The van der Waals surface area contributed by atoms with Gasteiger partial charge >= 0.3 is 0 Å². The maximum atomic E-state index is 5.60. The second-order valence-corrected chi connectivity index (χ2v) is 30.6. The molecule has 5 nitrogen and oxygen atoms in total. The van der Waals surface area contributed by atoms with E-state index in [1.807, 2.05) is 97.1 Å². The second kappa shape index (κ2) is 57.6. The van der Waals surface area contributed by atoms with E-state index < -0.39 is 0 Å². The first-order valence-electron chi connectivity index (χ1n) is 43.8. The lowest BCUT2D eigenvalue weighted by Gasteiger charge is -2.19. The summed E-state index contributed by atoms with van der Waals surface area (Å²) in [5.74, 6) is 42.2. The van der Waals surface area contributed by atoms with Gasteiger partial charge in [-0.15, -0.1) is 0 Å². The first-order valence-corrected chi connectivity index (χ1v) is 43.8. The van der Waals surface area contributed by atoms with Crippen molar-refractivity contribution in [1.82, 2.24) is 0 Å². The van der Waals surface area contributed by atoms with Crippen LogP contribution in [0.4, 0.5) is 0 Å². The van der Waals surface area contributed by atoms with Gasteiger partial charge in [-0.25, -0.2) is 0 Å². The zero-order chi connectivity index (χ0) is 78.1. The van der Waals surface area contributed by atoms with Crippen LogP contribution in [0.3, 0.4) is 0 Å². The molecule has 110 heavy (non-hydrogen) atoms. The van der Waals surface area contributed by atoms with Gasteiger partial charge in [0.2, 0.25) is 0 Å². The highest BCUT2D eigenvalue weighted by Gasteiger charge is 2.17. The van der Waals surface area contributed by atoms with Crippen molar-refractivity contribution in [2.45, 2.75) is 294 Å². The van der Waals surface area contributed by atoms with E-state index >= 15 is 0 Å². The van der Waals surface area contributed by atoms with Crippen LogP contribution in [0.5, 0.6) is 28.7 Å². The molecular weight excluding hydrogens is 1340 g/mol.